The van der Waals surface area contributed by atoms with E-state index in [9.17, 15) is 9.18 Å². The van der Waals surface area contributed by atoms with Gasteiger partial charge in [0, 0.05) is 18.1 Å². The first-order chi connectivity index (χ1) is 12.4. The molecule has 26 heavy (non-hydrogen) atoms. The summed E-state index contributed by atoms with van der Waals surface area (Å²) in [5.74, 6) is 0.390. The predicted octanol–water partition coefficient (Wildman–Crippen LogP) is 3.97. The average molecular weight is 353 g/mol. The number of hydrogen-bond acceptors (Lipinski definition) is 4. The number of carbonyl (C=O) groups is 1. The van der Waals surface area contributed by atoms with Crippen LogP contribution >= 0.6 is 0 Å². The molecule has 2 heterocycles. The number of amides is 1. The fourth-order valence-corrected chi connectivity index (χ4v) is 2.72. The molecule has 134 valence electrons. The van der Waals surface area contributed by atoms with Gasteiger partial charge in [-0.05, 0) is 45.0 Å². The summed E-state index contributed by atoms with van der Waals surface area (Å²) in [5.41, 5.74) is -0.0672. The van der Waals surface area contributed by atoms with Crippen LogP contribution in [0.4, 0.5) is 4.39 Å². The first-order valence-electron chi connectivity index (χ1n) is 8.39. The van der Waals surface area contributed by atoms with E-state index in [-0.39, 0.29) is 17.2 Å². The number of aromatic nitrogens is 2. The van der Waals surface area contributed by atoms with Crippen LogP contribution in [-0.2, 0) is 10.2 Å². The SMILES string of the molecule is CCNC(=O)C(C)(C)c1ncccc1Oc1cnc2c(F)cccc2c1. The highest BCUT2D eigenvalue weighted by Crippen LogP contribution is 2.33. The van der Waals surface area contributed by atoms with E-state index in [1.54, 1.807) is 50.4 Å². The summed E-state index contributed by atoms with van der Waals surface area (Å²) in [6.45, 7) is 5.98. The first kappa shape index (κ1) is 17.8. The van der Waals surface area contributed by atoms with Crippen LogP contribution in [0.5, 0.6) is 11.5 Å². The maximum absolute atomic E-state index is 13.8. The number of para-hydroxylation sites is 1. The largest absolute Gasteiger partial charge is 0.454 e. The molecule has 1 N–H and O–H groups in total. The Balaban J connectivity index is 1.97. The van der Waals surface area contributed by atoms with Crippen molar-refractivity contribution in [2.75, 3.05) is 6.54 Å². The first-order valence-corrected chi connectivity index (χ1v) is 8.39. The van der Waals surface area contributed by atoms with Gasteiger partial charge in [0.2, 0.25) is 5.91 Å². The van der Waals surface area contributed by atoms with Crippen LogP contribution in [0.2, 0.25) is 0 Å². The van der Waals surface area contributed by atoms with Crippen molar-refractivity contribution in [1.82, 2.24) is 15.3 Å². The van der Waals surface area contributed by atoms with Gasteiger partial charge in [0.25, 0.3) is 0 Å². The topological polar surface area (TPSA) is 64.1 Å². The van der Waals surface area contributed by atoms with Crippen LogP contribution < -0.4 is 10.1 Å². The maximum Gasteiger partial charge on any atom is 0.231 e. The number of rotatable bonds is 5. The summed E-state index contributed by atoms with van der Waals surface area (Å²) in [6.07, 6.45) is 3.08. The maximum atomic E-state index is 13.8. The van der Waals surface area contributed by atoms with Crippen molar-refractivity contribution in [3.63, 3.8) is 0 Å². The lowest BCUT2D eigenvalue weighted by molar-refractivity contribution is -0.125. The molecule has 0 bridgehead atoms. The summed E-state index contributed by atoms with van der Waals surface area (Å²) in [4.78, 5) is 20.9. The molecule has 2 aromatic heterocycles. The van der Waals surface area contributed by atoms with Gasteiger partial charge in [0.1, 0.15) is 22.8 Å². The van der Waals surface area contributed by atoms with E-state index in [1.807, 2.05) is 6.92 Å². The van der Waals surface area contributed by atoms with Crippen LogP contribution in [0.15, 0.2) is 48.8 Å². The second-order valence-electron chi connectivity index (χ2n) is 6.42. The van der Waals surface area contributed by atoms with E-state index in [2.05, 4.69) is 15.3 Å². The van der Waals surface area contributed by atoms with Gasteiger partial charge >= 0.3 is 0 Å². The summed E-state index contributed by atoms with van der Waals surface area (Å²) < 4.78 is 19.7. The Bertz CT molecular complexity index is 957. The molecule has 0 spiro atoms. The minimum atomic E-state index is -0.872. The fraction of sp³-hybridized carbons (Fsp3) is 0.250. The Labute approximate surface area is 151 Å². The van der Waals surface area contributed by atoms with Gasteiger partial charge in [-0.15, -0.1) is 0 Å². The molecule has 5 nitrogen and oxygen atoms in total. The normalized spacial score (nSPS) is 11.4. The molecule has 0 saturated carbocycles. The second-order valence-corrected chi connectivity index (χ2v) is 6.42. The van der Waals surface area contributed by atoms with Crippen LogP contribution in [0.3, 0.4) is 0 Å². The number of halogens is 1. The van der Waals surface area contributed by atoms with E-state index in [0.29, 0.717) is 29.1 Å². The van der Waals surface area contributed by atoms with Crippen molar-refractivity contribution in [2.24, 2.45) is 0 Å². The third-order valence-electron chi connectivity index (χ3n) is 4.13. The molecule has 3 rings (SSSR count). The lowest BCUT2D eigenvalue weighted by atomic mass is 9.87. The average Bonchev–Trinajstić information content (AvgIpc) is 2.62. The van der Waals surface area contributed by atoms with E-state index < -0.39 is 5.41 Å². The van der Waals surface area contributed by atoms with Crippen LogP contribution in [0, 0.1) is 5.82 Å². The standard InChI is InChI=1S/C20H20FN3O2/c1-4-22-19(25)20(2,3)18-16(9-6-10-23-18)26-14-11-13-7-5-8-15(21)17(13)24-12-14/h5-12H,4H2,1-3H3,(H,22,25). The monoisotopic (exact) mass is 353 g/mol. The Hall–Kier alpha value is -3.02. The molecule has 0 aliphatic rings. The Morgan fingerprint density at radius 3 is 2.81 bits per heavy atom. The second kappa shape index (κ2) is 7.07. The molecule has 0 atom stereocenters. The molecule has 0 aliphatic heterocycles. The van der Waals surface area contributed by atoms with Gasteiger partial charge in [-0.25, -0.2) is 9.37 Å². The summed E-state index contributed by atoms with van der Waals surface area (Å²) in [6, 6.07) is 9.95. The lowest BCUT2D eigenvalue weighted by Gasteiger charge is -2.24. The number of benzene rings is 1. The molecular weight excluding hydrogens is 333 g/mol. The van der Waals surface area contributed by atoms with E-state index in [1.165, 1.54) is 12.3 Å². The number of nitrogens with one attached hydrogen (secondary N) is 1. The highest BCUT2D eigenvalue weighted by Gasteiger charge is 2.34. The van der Waals surface area contributed by atoms with Gasteiger partial charge in [0.15, 0.2) is 0 Å². The van der Waals surface area contributed by atoms with Crippen molar-refractivity contribution < 1.29 is 13.9 Å². The number of hydrogen-bond donors (Lipinski definition) is 1. The van der Waals surface area contributed by atoms with Crippen LogP contribution in [0.1, 0.15) is 26.5 Å². The molecule has 0 unspecified atom stereocenters. The zero-order valence-corrected chi connectivity index (χ0v) is 14.9. The van der Waals surface area contributed by atoms with Crippen molar-refractivity contribution in [1.29, 1.82) is 0 Å². The van der Waals surface area contributed by atoms with Gasteiger partial charge in [-0.2, -0.15) is 0 Å². The highest BCUT2D eigenvalue weighted by molar-refractivity contribution is 5.87. The Kier molecular flexibility index (Phi) is 4.84. The quantitative estimate of drug-likeness (QED) is 0.754. The predicted molar refractivity (Wildman–Crippen MR) is 97.7 cm³/mol. The molecule has 1 amide bonds. The zero-order valence-electron chi connectivity index (χ0n) is 14.9. The van der Waals surface area contributed by atoms with E-state index in [4.69, 9.17) is 4.74 Å². The summed E-state index contributed by atoms with van der Waals surface area (Å²) in [5, 5.41) is 3.45. The summed E-state index contributed by atoms with van der Waals surface area (Å²) >= 11 is 0. The molecular formula is C20H20FN3O2. The van der Waals surface area contributed by atoms with Crippen molar-refractivity contribution >= 4 is 16.8 Å². The number of likely N-dealkylation sites (N-methyl/N-ethyl adjacent to an activating group) is 1. The number of fused-ring (bicyclic) bond motifs is 1. The molecule has 0 saturated heterocycles. The third-order valence-corrected chi connectivity index (χ3v) is 4.13. The van der Waals surface area contributed by atoms with Crippen molar-refractivity contribution in [3.05, 3.63) is 60.3 Å². The smallest absolute Gasteiger partial charge is 0.231 e. The van der Waals surface area contributed by atoms with Crippen molar-refractivity contribution in [3.8, 4) is 11.5 Å². The van der Waals surface area contributed by atoms with Gasteiger partial charge < -0.3 is 10.1 Å². The number of ether oxygens (including phenoxy) is 1. The minimum absolute atomic E-state index is 0.137. The molecule has 1 aromatic carbocycles. The molecule has 0 radical (unpaired) electrons. The van der Waals surface area contributed by atoms with Gasteiger partial charge in [-0.1, -0.05) is 12.1 Å². The Morgan fingerprint density at radius 2 is 2.04 bits per heavy atom. The lowest BCUT2D eigenvalue weighted by Crippen LogP contribution is -2.40. The number of carbonyl (C=O) groups excluding carboxylic acids is 1. The number of pyridine rings is 2. The summed E-state index contributed by atoms with van der Waals surface area (Å²) in [7, 11) is 0. The zero-order chi connectivity index (χ0) is 18.7. The minimum Gasteiger partial charge on any atom is -0.454 e. The molecule has 6 heteroatoms. The highest BCUT2D eigenvalue weighted by atomic mass is 19.1. The molecule has 0 aliphatic carbocycles. The van der Waals surface area contributed by atoms with Crippen molar-refractivity contribution in [2.45, 2.75) is 26.2 Å². The van der Waals surface area contributed by atoms with Crippen LogP contribution in [0.25, 0.3) is 10.9 Å². The van der Waals surface area contributed by atoms with E-state index >= 15 is 0 Å². The fourth-order valence-electron chi connectivity index (χ4n) is 2.72. The van der Waals surface area contributed by atoms with Gasteiger partial charge in [-0.3, -0.25) is 9.78 Å². The molecule has 0 fully saturated rings. The number of nitrogens with zero attached hydrogens (tertiary/aromatic N) is 2. The van der Waals surface area contributed by atoms with Gasteiger partial charge in [0.05, 0.1) is 17.3 Å². The van der Waals surface area contributed by atoms with E-state index in [0.717, 1.165) is 0 Å². The third kappa shape index (κ3) is 3.35. The van der Waals surface area contributed by atoms with Crippen LogP contribution in [-0.4, -0.2) is 22.4 Å². The Morgan fingerprint density at radius 1 is 1.23 bits per heavy atom. The molecule has 3 aromatic rings.